The number of hydrogen-bond donors (Lipinski definition) is 1. The Morgan fingerprint density at radius 2 is 1.68 bits per heavy atom. The Morgan fingerprint density at radius 1 is 0.893 bits per heavy atom. The van der Waals surface area contributed by atoms with E-state index < -0.39 is 5.97 Å². The average Bonchev–Trinajstić information content (AvgIpc) is 2.73. The van der Waals surface area contributed by atoms with Crippen LogP contribution >= 0.6 is 0 Å². The van der Waals surface area contributed by atoms with Gasteiger partial charge in [-0.25, -0.2) is 4.79 Å². The Kier molecular flexibility index (Phi) is 6.52. The van der Waals surface area contributed by atoms with Crippen molar-refractivity contribution in [2.24, 2.45) is 0 Å². The van der Waals surface area contributed by atoms with Crippen molar-refractivity contribution >= 4 is 17.3 Å². The van der Waals surface area contributed by atoms with Gasteiger partial charge in [0.05, 0.1) is 7.11 Å². The van der Waals surface area contributed by atoms with Gasteiger partial charge in [0.15, 0.2) is 6.61 Å². The summed E-state index contributed by atoms with van der Waals surface area (Å²) in [5.41, 5.74) is 4.03. The summed E-state index contributed by atoms with van der Waals surface area (Å²) in [6.07, 6.45) is 0. The Bertz CT molecular complexity index is 925. The number of aryl methyl sites for hydroxylation is 1. The molecule has 0 aliphatic carbocycles. The first-order valence-electron chi connectivity index (χ1n) is 8.98. The van der Waals surface area contributed by atoms with Crippen LogP contribution in [0.3, 0.4) is 0 Å². The summed E-state index contributed by atoms with van der Waals surface area (Å²) in [6, 6.07) is 23.4. The van der Waals surface area contributed by atoms with Gasteiger partial charge in [-0.3, -0.25) is 0 Å². The zero-order chi connectivity index (χ0) is 19.8. The molecule has 0 radical (unpaired) electrons. The lowest BCUT2D eigenvalue weighted by molar-refractivity contribution is -0.142. The zero-order valence-electron chi connectivity index (χ0n) is 16.0. The summed E-state index contributed by atoms with van der Waals surface area (Å²) in [5, 5.41) is 3.36. The maximum absolute atomic E-state index is 11.2. The third kappa shape index (κ3) is 5.51. The van der Waals surface area contributed by atoms with Gasteiger partial charge in [-0.1, -0.05) is 36.4 Å². The second-order valence-electron chi connectivity index (χ2n) is 6.27. The number of carbonyl (C=O) groups is 1. The molecular weight excluding hydrogens is 354 g/mol. The minimum absolute atomic E-state index is 0.119. The molecule has 3 aromatic carbocycles. The zero-order valence-corrected chi connectivity index (χ0v) is 16.0. The average molecular weight is 377 g/mol. The molecule has 144 valence electrons. The van der Waals surface area contributed by atoms with Gasteiger partial charge in [0.25, 0.3) is 0 Å². The highest BCUT2D eigenvalue weighted by molar-refractivity contribution is 5.71. The highest BCUT2D eigenvalue weighted by atomic mass is 16.6. The predicted molar refractivity (Wildman–Crippen MR) is 109 cm³/mol. The smallest absolute Gasteiger partial charge is 0.343 e. The third-order valence-corrected chi connectivity index (χ3v) is 4.14. The normalized spacial score (nSPS) is 10.2. The lowest BCUT2D eigenvalue weighted by Gasteiger charge is -2.13. The van der Waals surface area contributed by atoms with Crippen molar-refractivity contribution in [2.75, 3.05) is 19.0 Å². The van der Waals surface area contributed by atoms with Crippen molar-refractivity contribution in [1.29, 1.82) is 0 Å². The molecule has 0 saturated carbocycles. The van der Waals surface area contributed by atoms with Crippen LogP contribution < -0.4 is 14.8 Å². The van der Waals surface area contributed by atoms with Crippen LogP contribution in [0.5, 0.6) is 11.5 Å². The van der Waals surface area contributed by atoms with E-state index in [1.165, 1.54) is 7.11 Å². The number of ether oxygens (including phenoxy) is 3. The van der Waals surface area contributed by atoms with Crippen molar-refractivity contribution in [3.8, 4) is 11.5 Å². The third-order valence-electron chi connectivity index (χ3n) is 4.14. The minimum atomic E-state index is -0.416. The molecular formula is C23H23NO4. The number of rotatable bonds is 8. The fourth-order valence-corrected chi connectivity index (χ4v) is 2.63. The Hall–Kier alpha value is -3.47. The number of anilines is 2. The van der Waals surface area contributed by atoms with Crippen molar-refractivity contribution in [3.63, 3.8) is 0 Å². The second kappa shape index (κ2) is 9.46. The van der Waals surface area contributed by atoms with Crippen molar-refractivity contribution in [2.45, 2.75) is 13.5 Å². The number of carbonyl (C=O) groups excluding carboxylic acids is 1. The minimum Gasteiger partial charge on any atom is -0.489 e. The van der Waals surface area contributed by atoms with Gasteiger partial charge in [0.2, 0.25) is 0 Å². The summed E-state index contributed by atoms with van der Waals surface area (Å²) >= 11 is 0. The van der Waals surface area contributed by atoms with Gasteiger partial charge in [0, 0.05) is 17.4 Å². The fourth-order valence-electron chi connectivity index (χ4n) is 2.63. The molecule has 0 spiro atoms. The van der Waals surface area contributed by atoms with E-state index in [0.29, 0.717) is 12.4 Å². The van der Waals surface area contributed by atoms with E-state index in [1.54, 1.807) is 6.07 Å². The maximum Gasteiger partial charge on any atom is 0.343 e. The number of methoxy groups -OCH3 is 1. The van der Waals surface area contributed by atoms with Gasteiger partial charge < -0.3 is 19.5 Å². The second-order valence-corrected chi connectivity index (χ2v) is 6.27. The number of hydrogen-bond acceptors (Lipinski definition) is 5. The molecule has 0 amide bonds. The van der Waals surface area contributed by atoms with E-state index in [2.05, 4.69) is 10.1 Å². The molecule has 1 N–H and O–H groups in total. The Balaban J connectivity index is 1.62. The van der Waals surface area contributed by atoms with Gasteiger partial charge in [-0.05, 0) is 48.4 Å². The number of benzene rings is 3. The van der Waals surface area contributed by atoms with E-state index in [-0.39, 0.29) is 6.61 Å². The molecule has 0 aromatic heterocycles. The van der Waals surface area contributed by atoms with Gasteiger partial charge in [-0.2, -0.15) is 0 Å². The van der Waals surface area contributed by atoms with Crippen LogP contribution in [0.15, 0.2) is 72.8 Å². The molecule has 0 aliphatic rings. The maximum atomic E-state index is 11.2. The predicted octanol–water partition coefficient (Wildman–Crippen LogP) is 4.87. The Morgan fingerprint density at radius 3 is 2.43 bits per heavy atom. The SMILES string of the molecule is COC(=O)COc1cccc(Nc2ccc(OCc3ccccc3)cc2C)c1. The lowest BCUT2D eigenvalue weighted by atomic mass is 10.1. The fraction of sp³-hybridized carbons (Fsp3) is 0.174. The summed E-state index contributed by atoms with van der Waals surface area (Å²) in [7, 11) is 1.33. The molecule has 0 unspecified atom stereocenters. The van der Waals surface area contributed by atoms with Crippen LogP contribution in [0.2, 0.25) is 0 Å². The monoisotopic (exact) mass is 377 g/mol. The first-order chi connectivity index (χ1) is 13.6. The standard InChI is InChI=1S/C23H23NO4/c1-17-13-21(27-15-18-7-4-3-5-8-18)11-12-22(17)24-19-9-6-10-20(14-19)28-16-23(25)26-2/h3-14,24H,15-16H2,1-2H3. The van der Waals surface area contributed by atoms with E-state index in [1.807, 2.05) is 73.7 Å². The van der Waals surface area contributed by atoms with Crippen molar-refractivity contribution in [3.05, 3.63) is 83.9 Å². The quantitative estimate of drug-likeness (QED) is 0.568. The lowest BCUT2D eigenvalue weighted by Crippen LogP contribution is -2.12. The van der Waals surface area contributed by atoms with Crippen molar-refractivity contribution in [1.82, 2.24) is 0 Å². The molecule has 3 rings (SSSR count). The highest BCUT2D eigenvalue weighted by Gasteiger charge is 2.05. The van der Waals surface area contributed by atoms with E-state index in [0.717, 1.165) is 28.3 Å². The number of esters is 1. The van der Waals surface area contributed by atoms with E-state index >= 15 is 0 Å². The summed E-state index contributed by atoms with van der Waals surface area (Å²) in [4.78, 5) is 11.2. The van der Waals surface area contributed by atoms with Crippen molar-refractivity contribution < 1.29 is 19.0 Å². The molecule has 0 heterocycles. The van der Waals surface area contributed by atoms with Gasteiger partial charge in [0.1, 0.15) is 18.1 Å². The molecule has 0 atom stereocenters. The topological polar surface area (TPSA) is 56.8 Å². The van der Waals surface area contributed by atoms with Crippen LogP contribution in [-0.2, 0) is 16.1 Å². The first-order valence-corrected chi connectivity index (χ1v) is 8.98. The molecule has 0 aliphatic heterocycles. The summed E-state index contributed by atoms with van der Waals surface area (Å²) in [5.74, 6) is 0.998. The van der Waals surface area contributed by atoms with Crippen LogP contribution in [0.4, 0.5) is 11.4 Å². The molecule has 0 bridgehead atoms. The van der Waals surface area contributed by atoms with Crippen LogP contribution in [-0.4, -0.2) is 19.7 Å². The molecule has 0 fully saturated rings. The molecule has 28 heavy (non-hydrogen) atoms. The summed E-state index contributed by atoms with van der Waals surface area (Å²) < 4.78 is 15.9. The van der Waals surface area contributed by atoms with Crippen LogP contribution in [0.25, 0.3) is 0 Å². The molecule has 5 nitrogen and oxygen atoms in total. The van der Waals surface area contributed by atoms with Crippen LogP contribution in [0, 0.1) is 6.92 Å². The van der Waals surface area contributed by atoms with E-state index in [9.17, 15) is 4.79 Å². The van der Waals surface area contributed by atoms with Gasteiger partial charge in [-0.15, -0.1) is 0 Å². The molecule has 5 heteroatoms. The van der Waals surface area contributed by atoms with E-state index in [4.69, 9.17) is 9.47 Å². The first kappa shape index (κ1) is 19.3. The highest BCUT2D eigenvalue weighted by Crippen LogP contribution is 2.27. The Labute approximate surface area is 164 Å². The molecule has 3 aromatic rings. The number of nitrogens with one attached hydrogen (secondary N) is 1. The largest absolute Gasteiger partial charge is 0.489 e. The van der Waals surface area contributed by atoms with Gasteiger partial charge >= 0.3 is 5.97 Å². The summed E-state index contributed by atoms with van der Waals surface area (Å²) in [6.45, 7) is 2.44. The van der Waals surface area contributed by atoms with Crippen LogP contribution in [0.1, 0.15) is 11.1 Å². The molecule has 0 saturated heterocycles.